The van der Waals surface area contributed by atoms with Crippen LogP contribution in [0.3, 0.4) is 0 Å². The SMILES string of the molecule is CC1(C)c2ccccc2-c2cc3c(cc21)Nc1cccc2cccc-3c12. The van der Waals surface area contributed by atoms with Crippen LogP contribution < -0.4 is 5.32 Å². The maximum atomic E-state index is 3.70. The summed E-state index contributed by atoms with van der Waals surface area (Å²) in [7, 11) is 0. The molecule has 1 heteroatoms. The van der Waals surface area contributed by atoms with Gasteiger partial charge in [0, 0.05) is 27.7 Å². The van der Waals surface area contributed by atoms with Gasteiger partial charge in [0.25, 0.3) is 0 Å². The van der Waals surface area contributed by atoms with Crippen LogP contribution in [-0.4, -0.2) is 0 Å². The number of hydrogen-bond acceptors (Lipinski definition) is 1. The van der Waals surface area contributed by atoms with Crippen molar-refractivity contribution in [2.75, 3.05) is 5.32 Å². The summed E-state index contributed by atoms with van der Waals surface area (Å²) < 4.78 is 0. The minimum atomic E-state index is 0.0333. The molecule has 0 saturated heterocycles. The molecule has 6 rings (SSSR count). The molecule has 0 unspecified atom stereocenters. The Bertz CT molecular complexity index is 1230. The van der Waals surface area contributed by atoms with E-state index >= 15 is 0 Å². The van der Waals surface area contributed by atoms with Crippen LogP contribution in [-0.2, 0) is 5.41 Å². The second-order valence-corrected chi connectivity index (χ2v) is 7.95. The minimum Gasteiger partial charge on any atom is -0.354 e. The van der Waals surface area contributed by atoms with Crippen LogP contribution in [0, 0.1) is 0 Å². The normalized spacial score (nSPS) is 15.2. The highest BCUT2D eigenvalue weighted by molar-refractivity contribution is 6.12. The third-order valence-electron chi connectivity index (χ3n) is 6.19. The van der Waals surface area contributed by atoms with Crippen molar-refractivity contribution in [3.05, 3.63) is 83.9 Å². The third kappa shape index (κ3) is 1.61. The number of nitrogens with one attached hydrogen (secondary N) is 1. The highest BCUT2D eigenvalue weighted by Gasteiger charge is 2.36. The number of benzene rings is 4. The summed E-state index contributed by atoms with van der Waals surface area (Å²) in [6, 6.07) is 26.7. The van der Waals surface area contributed by atoms with Gasteiger partial charge in [0.05, 0.1) is 0 Å². The van der Waals surface area contributed by atoms with Gasteiger partial charge in [-0.2, -0.15) is 0 Å². The monoisotopic (exact) mass is 333 g/mol. The largest absolute Gasteiger partial charge is 0.354 e. The molecule has 1 nitrogen and oxygen atoms in total. The van der Waals surface area contributed by atoms with Crippen molar-refractivity contribution in [1.29, 1.82) is 0 Å². The Balaban J connectivity index is 1.71. The van der Waals surface area contributed by atoms with Gasteiger partial charge in [-0.05, 0) is 51.4 Å². The molecule has 1 aliphatic heterocycles. The summed E-state index contributed by atoms with van der Waals surface area (Å²) in [6.45, 7) is 4.67. The Morgan fingerprint density at radius 2 is 1.38 bits per heavy atom. The van der Waals surface area contributed by atoms with Crippen LogP contribution in [0.25, 0.3) is 33.0 Å². The van der Waals surface area contributed by atoms with Gasteiger partial charge in [-0.3, -0.25) is 0 Å². The summed E-state index contributed by atoms with van der Waals surface area (Å²) >= 11 is 0. The third-order valence-corrected chi connectivity index (χ3v) is 6.19. The van der Waals surface area contributed by atoms with Gasteiger partial charge >= 0.3 is 0 Å². The van der Waals surface area contributed by atoms with Crippen LogP contribution in [0.5, 0.6) is 0 Å². The fourth-order valence-electron chi connectivity index (χ4n) is 4.89. The number of rotatable bonds is 0. The van der Waals surface area contributed by atoms with E-state index in [1.807, 2.05) is 0 Å². The zero-order valence-corrected chi connectivity index (χ0v) is 14.9. The van der Waals surface area contributed by atoms with Crippen molar-refractivity contribution in [2.24, 2.45) is 0 Å². The number of hydrogen-bond donors (Lipinski definition) is 1. The van der Waals surface area contributed by atoms with Gasteiger partial charge in [-0.25, -0.2) is 0 Å². The second kappa shape index (κ2) is 4.56. The predicted octanol–water partition coefficient (Wildman–Crippen LogP) is 6.87. The summed E-state index contributed by atoms with van der Waals surface area (Å²) in [5, 5.41) is 6.32. The molecule has 2 aliphatic rings. The number of anilines is 2. The Labute approximate surface area is 153 Å². The van der Waals surface area contributed by atoms with Crippen LogP contribution in [0.1, 0.15) is 25.0 Å². The first-order valence-electron chi connectivity index (χ1n) is 9.22. The van der Waals surface area contributed by atoms with Crippen molar-refractivity contribution in [1.82, 2.24) is 0 Å². The van der Waals surface area contributed by atoms with Crippen molar-refractivity contribution in [3.8, 4) is 22.3 Å². The Hall–Kier alpha value is -3.06. The van der Waals surface area contributed by atoms with E-state index in [1.165, 1.54) is 55.5 Å². The van der Waals surface area contributed by atoms with Gasteiger partial charge < -0.3 is 5.32 Å². The Morgan fingerprint density at radius 3 is 2.27 bits per heavy atom. The van der Waals surface area contributed by atoms with Gasteiger partial charge in [-0.15, -0.1) is 0 Å². The molecular formula is C25H19N. The molecule has 4 aromatic rings. The Kier molecular flexibility index (Phi) is 2.48. The zero-order chi connectivity index (χ0) is 17.5. The van der Waals surface area contributed by atoms with E-state index in [1.54, 1.807) is 0 Å². The quantitative estimate of drug-likeness (QED) is 0.326. The van der Waals surface area contributed by atoms with Crippen LogP contribution in [0.15, 0.2) is 72.8 Å². The van der Waals surface area contributed by atoms with Crippen LogP contribution >= 0.6 is 0 Å². The average molecular weight is 333 g/mol. The lowest BCUT2D eigenvalue weighted by molar-refractivity contribution is 0.660. The van der Waals surface area contributed by atoms with Gasteiger partial charge in [0.1, 0.15) is 0 Å². The smallest absolute Gasteiger partial charge is 0.0470 e. The van der Waals surface area contributed by atoms with Crippen molar-refractivity contribution >= 4 is 22.1 Å². The molecular weight excluding hydrogens is 314 g/mol. The predicted molar refractivity (Wildman–Crippen MR) is 110 cm³/mol. The van der Waals surface area contributed by atoms with E-state index in [2.05, 4.69) is 92.0 Å². The van der Waals surface area contributed by atoms with E-state index in [9.17, 15) is 0 Å². The molecule has 1 N–H and O–H groups in total. The molecule has 0 saturated carbocycles. The van der Waals surface area contributed by atoms with Crippen LogP contribution in [0.4, 0.5) is 11.4 Å². The molecule has 1 aliphatic carbocycles. The van der Waals surface area contributed by atoms with Crippen LogP contribution in [0.2, 0.25) is 0 Å². The first-order valence-corrected chi connectivity index (χ1v) is 9.22. The second-order valence-electron chi connectivity index (χ2n) is 7.95. The topological polar surface area (TPSA) is 12.0 Å². The zero-order valence-electron chi connectivity index (χ0n) is 14.9. The van der Waals surface area contributed by atoms with E-state index in [4.69, 9.17) is 0 Å². The summed E-state index contributed by atoms with van der Waals surface area (Å²) in [5.74, 6) is 0. The first kappa shape index (κ1) is 14.1. The minimum absolute atomic E-state index is 0.0333. The fourth-order valence-corrected chi connectivity index (χ4v) is 4.89. The van der Waals surface area contributed by atoms with Crippen molar-refractivity contribution in [2.45, 2.75) is 19.3 Å². The van der Waals surface area contributed by atoms with Crippen molar-refractivity contribution < 1.29 is 0 Å². The average Bonchev–Trinajstić information content (AvgIpc) is 2.89. The highest BCUT2D eigenvalue weighted by atomic mass is 14.9. The molecule has 0 atom stereocenters. The summed E-state index contributed by atoms with van der Waals surface area (Å²) in [4.78, 5) is 0. The van der Waals surface area contributed by atoms with Gasteiger partial charge in [0.15, 0.2) is 0 Å². The molecule has 124 valence electrons. The molecule has 0 bridgehead atoms. The maximum absolute atomic E-state index is 3.70. The highest BCUT2D eigenvalue weighted by Crippen LogP contribution is 2.53. The fraction of sp³-hybridized carbons (Fsp3) is 0.120. The van der Waals surface area contributed by atoms with E-state index in [0.717, 1.165) is 0 Å². The molecule has 1 heterocycles. The summed E-state index contributed by atoms with van der Waals surface area (Å²) in [6.07, 6.45) is 0. The molecule has 0 amide bonds. The van der Waals surface area contributed by atoms with E-state index in [0.29, 0.717) is 0 Å². The lowest BCUT2D eigenvalue weighted by Gasteiger charge is -2.26. The van der Waals surface area contributed by atoms with Gasteiger partial charge in [0.2, 0.25) is 0 Å². The lowest BCUT2D eigenvalue weighted by atomic mass is 9.81. The molecule has 4 aromatic carbocycles. The van der Waals surface area contributed by atoms with E-state index < -0.39 is 0 Å². The molecule has 0 fully saturated rings. The van der Waals surface area contributed by atoms with E-state index in [-0.39, 0.29) is 5.41 Å². The standard InChI is InChI=1S/C25H19N/c1-25(2)20-11-4-3-9-16(20)18-13-19-17-10-5-7-15-8-6-12-22(24(15)17)26-23(19)14-21(18)25/h3-14,26H,1-2H3. The molecule has 0 spiro atoms. The Morgan fingerprint density at radius 1 is 0.615 bits per heavy atom. The lowest BCUT2D eigenvalue weighted by Crippen LogP contribution is -2.15. The maximum Gasteiger partial charge on any atom is 0.0470 e. The molecule has 26 heavy (non-hydrogen) atoms. The number of fused-ring (bicyclic) bond motifs is 5. The van der Waals surface area contributed by atoms with Gasteiger partial charge in [-0.1, -0.05) is 68.4 Å². The molecule has 0 aromatic heterocycles. The van der Waals surface area contributed by atoms with Crippen molar-refractivity contribution in [3.63, 3.8) is 0 Å². The first-order chi connectivity index (χ1) is 12.6. The molecule has 0 radical (unpaired) electrons. The summed E-state index contributed by atoms with van der Waals surface area (Å²) in [5.41, 5.74) is 10.7.